The van der Waals surface area contributed by atoms with Crippen LogP contribution in [0.4, 0.5) is 5.82 Å². The minimum Gasteiger partial charge on any atom is -0.478 e. The van der Waals surface area contributed by atoms with Crippen LogP contribution in [0.25, 0.3) is 0 Å². The Labute approximate surface area is 107 Å². The van der Waals surface area contributed by atoms with E-state index >= 15 is 0 Å². The molecule has 0 spiro atoms. The Bertz CT molecular complexity index is 358. The van der Waals surface area contributed by atoms with Crippen LogP contribution in [-0.2, 0) is 0 Å². The molecule has 0 aromatic carbocycles. The van der Waals surface area contributed by atoms with Gasteiger partial charge in [-0.15, -0.1) is 12.4 Å². The summed E-state index contributed by atoms with van der Waals surface area (Å²) in [5.41, 5.74) is 0.215. The van der Waals surface area contributed by atoms with Crippen molar-refractivity contribution in [3.05, 3.63) is 23.9 Å². The topological polar surface area (TPSA) is 65.5 Å². The number of carboxylic acids is 1. The fraction of sp³-hybridized carbons (Fsp3) is 0.455. The fourth-order valence-electron chi connectivity index (χ4n) is 1.32. The molecule has 0 unspecified atom stereocenters. The summed E-state index contributed by atoms with van der Waals surface area (Å²) >= 11 is 0. The normalized spacial score (nSPS) is 9.82. The lowest BCUT2D eigenvalue weighted by Crippen LogP contribution is -2.17. The molecule has 1 rings (SSSR count). The molecule has 0 saturated heterocycles. The Morgan fingerprint density at radius 3 is 2.82 bits per heavy atom. The van der Waals surface area contributed by atoms with Crippen LogP contribution < -0.4 is 5.32 Å². The molecule has 0 saturated carbocycles. The van der Waals surface area contributed by atoms with Crippen LogP contribution in [0.15, 0.2) is 18.3 Å². The van der Waals surface area contributed by atoms with Gasteiger partial charge in [-0.2, -0.15) is 0 Å². The molecule has 5 nitrogen and oxygen atoms in total. The van der Waals surface area contributed by atoms with Crippen molar-refractivity contribution in [2.24, 2.45) is 0 Å². The van der Waals surface area contributed by atoms with E-state index in [0.717, 1.165) is 19.5 Å². The van der Waals surface area contributed by atoms with Crippen LogP contribution in [0.1, 0.15) is 16.8 Å². The molecule has 1 aromatic rings. The second-order valence-electron chi connectivity index (χ2n) is 3.79. The Balaban J connectivity index is 0.00000256. The summed E-state index contributed by atoms with van der Waals surface area (Å²) in [6, 6.07) is 3.16. The first-order chi connectivity index (χ1) is 7.61. The van der Waals surface area contributed by atoms with Crippen LogP contribution in [0.3, 0.4) is 0 Å². The Hall–Kier alpha value is -1.33. The number of anilines is 1. The molecule has 0 aliphatic heterocycles. The molecule has 2 N–H and O–H groups in total. The number of hydrogen-bond acceptors (Lipinski definition) is 4. The van der Waals surface area contributed by atoms with Gasteiger partial charge in [-0.3, -0.25) is 0 Å². The molecule has 17 heavy (non-hydrogen) atoms. The molecule has 0 amide bonds. The lowest BCUT2D eigenvalue weighted by molar-refractivity contribution is 0.0697. The minimum atomic E-state index is -0.955. The molecule has 1 heterocycles. The lowest BCUT2D eigenvalue weighted by Gasteiger charge is -2.11. The number of aromatic nitrogens is 1. The number of aromatic carboxylic acids is 1. The number of pyridine rings is 1. The van der Waals surface area contributed by atoms with E-state index in [4.69, 9.17) is 5.11 Å². The van der Waals surface area contributed by atoms with Crippen LogP contribution in [0.5, 0.6) is 0 Å². The predicted octanol–water partition coefficient (Wildman–Crippen LogP) is 1.57. The van der Waals surface area contributed by atoms with E-state index in [1.165, 1.54) is 0 Å². The van der Waals surface area contributed by atoms with E-state index in [0.29, 0.717) is 5.82 Å². The number of hydrogen-bond donors (Lipinski definition) is 2. The highest BCUT2D eigenvalue weighted by Gasteiger charge is 2.09. The monoisotopic (exact) mass is 259 g/mol. The third-order valence-corrected chi connectivity index (χ3v) is 2.11. The number of rotatable bonds is 6. The SMILES string of the molecule is CN(C)CCCNc1ncccc1C(=O)O.Cl. The second kappa shape index (κ2) is 7.86. The highest BCUT2D eigenvalue weighted by atomic mass is 35.5. The van der Waals surface area contributed by atoms with Crippen molar-refractivity contribution in [3.8, 4) is 0 Å². The Kier molecular flexibility index (Phi) is 7.25. The van der Waals surface area contributed by atoms with Crippen LogP contribution in [-0.4, -0.2) is 48.1 Å². The predicted molar refractivity (Wildman–Crippen MR) is 70.1 cm³/mol. The van der Waals surface area contributed by atoms with Gasteiger partial charge in [0.25, 0.3) is 0 Å². The van der Waals surface area contributed by atoms with Gasteiger partial charge in [0.15, 0.2) is 0 Å². The smallest absolute Gasteiger partial charge is 0.339 e. The van der Waals surface area contributed by atoms with Gasteiger partial charge < -0.3 is 15.3 Å². The van der Waals surface area contributed by atoms with E-state index in [1.807, 2.05) is 14.1 Å². The zero-order valence-electron chi connectivity index (χ0n) is 10.0. The summed E-state index contributed by atoms with van der Waals surface area (Å²) in [5.74, 6) is -0.517. The number of carbonyl (C=O) groups is 1. The number of carboxylic acid groups (broad SMARTS) is 1. The summed E-state index contributed by atoms with van der Waals surface area (Å²) in [6.45, 7) is 1.68. The summed E-state index contributed by atoms with van der Waals surface area (Å²) < 4.78 is 0. The molecule has 0 radical (unpaired) electrons. The summed E-state index contributed by atoms with van der Waals surface area (Å²) in [4.78, 5) is 17.0. The van der Waals surface area contributed by atoms with Gasteiger partial charge in [-0.25, -0.2) is 9.78 Å². The first kappa shape index (κ1) is 15.7. The largest absolute Gasteiger partial charge is 0.478 e. The third kappa shape index (κ3) is 5.51. The lowest BCUT2D eigenvalue weighted by atomic mass is 10.2. The summed E-state index contributed by atoms with van der Waals surface area (Å²) in [7, 11) is 4.01. The number of nitrogens with one attached hydrogen (secondary N) is 1. The minimum absolute atomic E-state index is 0. The summed E-state index contributed by atoms with van der Waals surface area (Å²) in [6.07, 6.45) is 2.53. The summed E-state index contributed by atoms with van der Waals surface area (Å²) in [5, 5.41) is 12.0. The first-order valence-electron chi connectivity index (χ1n) is 5.18. The van der Waals surface area contributed by atoms with E-state index in [2.05, 4.69) is 15.2 Å². The first-order valence-corrected chi connectivity index (χ1v) is 5.18. The maximum absolute atomic E-state index is 10.9. The van der Waals surface area contributed by atoms with E-state index in [-0.39, 0.29) is 18.0 Å². The third-order valence-electron chi connectivity index (χ3n) is 2.11. The van der Waals surface area contributed by atoms with Crippen molar-refractivity contribution in [2.75, 3.05) is 32.5 Å². The van der Waals surface area contributed by atoms with Crippen molar-refractivity contribution in [1.82, 2.24) is 9.88 Å². The molecule has 0 fully saturated rings. The van der Waals surface area contributed by atoms with Gasteiger partial charge in [-0.05, 0) is 39.2 Å². The van der Waals surface area contributed by atoms with Crippen LogP contribution >= 0.6 is 12.4 Å². The van der Waals surface area contributed by atoms with Crippen molar-refractivity contribution in [1.29, 1.82) is 0 Å². The molecule has 0 aliphatic rings. The fourth-order valence-corrected chi connectivity index (χ4v) is 1.32. The molecule has 6 heteroatoms. The molecular formula is C11H18ClN3O2. The standard InChI is InChI=1S/C11H17N3O2.ClH/c1-14(2)8-4-7-13-10-9(11(15)16)5-3-6-12-10;/h3,5-6H,4,7-8H2,1-2H3,(H,12,13)(H,15,16);1H. The second-order valence-corrected chi connectivity index (χ2v) is 3.79. The van der Waals surface area contributed by atoms with Gasteiger partial charge in [0.2, 0.25) is 0 Å². The highest BCUT2D eigenvalue weighted by Crippen LogP contribution is 2.10. The Morgan fingerprint density at radius 1 is 1.53 bits per heavy atom. The molecule has 0 atom stereocenters. The molecule has 96 valence electrons. The van der Waals surface area contributed by atoms with Gasteiger partial charge in [0.05, 0.1) is 0 Å². The molecular weight excluding hydrogens is 242 g/mol. The van der Waals surface area contributed by atoms with Crippen LogP contribution in [0, 0.1) is 0 Å². The van der Waals surface area contributed by atoms with E-state index in [1.54, 1.807) is 18.3 Å². The molecule has 1 aromatic heterocycles. The van der Waals surface area contributed by atoms with Crippen molar-refractivity contribution < 1.29 is 9.90 Å². The zero-order valence-corrected chi connectivity index (χ0v) is 10.8. The molecule has 0 bridgehead atoms. The number of nitrogens with zero attached hydrogens (tertiary/aromatic N) is 2. The zero-order chi connectivity index (χ0) is 12.0. The van der Waals surface area contributed by atoms with Crippen molar-refractivity contribution >= 4 is 24.2 Å². The van der Waals surface area contributed by atoms with Gasteiger partial charge in [-0.1, -0.05) is 0 Å². The van der Waals surface area contributed by atoms with E-state index < -0.39 is 5.97 Å². The average Bonchev–Trinajstić information content (AvgIpc) is 2.24. The number of halogens is 1. The quantitative estimate of drug-likeness (QED) is 0.759. The van der Waals surface area contributed by atoms with E-state index in [9.17, 15) is 4.79 Å². The van der Waals surface area contributed by atoms with Gasteiger partial charge in [0.1, 0.15) is 11.4 Å². The van der Waals surface area contributed by atoms with Crippen LogP contribution in [0.2, 0.25) is 0 Å². The Morgan fingerprint density at radius 2 is 2.24 bits per heavy atom. The maximum atomic E-state index is 10.9. The van der Waals surface area contributed by atoms with Crippen molar-refractivity contribution in [2.45, 2.75) is 6.42 Å². The highest BCUT2D eigenvalue weighted by molar-refractivity contribution is 5.92. The average molecular weight is 260 g/mol. The maximum Gasteiger partial charge on any atom is 0.339 e. The van der Waals surface area contributed by atoms with Crippen molar-refractivity contribution in [3.63, 3.8) is 0 Å². The van der Waals surface area contributed by atoms with Gasteiger partial charge in [0, 0.05) is 12.7 Å². The van der Waals surface area contributed by atoms with Gasteiger partial charge >= 0.3 is 5.97 Å². The molecule has 0 aliphatic carbocycles.